The molecule has 1 aromatic carbocycles. The number of carbonyl (C=O) groups is 1. The van der Waals surface area contributed by atoms with Crippen LogP contribution in [0.15, 0.2) is 41.3 Å². The number of ether oxygens (including phenoxy) is 3. The van der Waals surface area contributed by atoms with Crippen molar-refractivity contribution in [1.29, 1.82) is 5.26 Å². The van der Waals surface area contributed by atoms with Crippen LogP contribution in [0, 0.1) is 11.3 Å². The number of rotatable bonds is 6. The van der Waals surface area contributed by atoms with Gasteiger partial charge in [0.1, 0.15) is 18.2 Å². The molecule has 0 fully saturated rings. The van der Waals surface area contributed by atoms with Crippen molar-refractivity contribution in [2.45, 2.75) is 6.61 Å². The smallest absolute Gasteiger partial charge is 0.348 e. The van der Waals surface area contributed by atoms with Crippen LogP contribution < -0.4 is 9.47 Å². The Morgan fingerprint density at radius 2 is 2.13 bits per heavy atom. The first-order valence-electron chi connectivity index (χ1n) is 6.71. The Hall–Kier alpha value is -2.78. The summed E-state index contributed by atoms with van der Waals surface area (Å²) in [6.45, 7) is 0.453. The Balaban J connectivity index is 2.20. The van der Waals surface area contributed by atoms with Crippen molar-refractivity contribution in [3.05, 3.63) is 51.7 Å². The maximum absolute atomic E-state index is 11.4. The second-order valence-corrected chi connectivity index (χ2v) is 5.47. The molecular formula is C17H15NO4S. The van der Waals surface area contributed by atoms with Gasteiger partial charge in [-0.15, -0.1) is 11.3 Å². The van der Waals surface area contributed by atoms with Gasteiger partial charge in [0.05, 0.1) is 14.2 Å². The zero-order valence-corrected chi connectivity index (χ0v) is 13.6. The van der Waals surface area contributed by atoms with Gasteiger partial charge >= 0.3 is 5.97 Å². The van der Waals surface area contributed by atoms with Crippen LogP contribution >= 0.6 is 11.3 Å². The largest absolute Gasteiger partial charge is 0.493 e. The summed E-state index contributed by atoms with van der Waals surface area (Å²) in [6, 6.07) is 10.9. The number of hydrogen-bond donors (Lipinski definition) is 0. The minimum absolute atomic E-state index is 0.0817. The minimum Gasteiger partial charge on any atom is -0.493 e. The number of nitriles is 1. The van der Waals surface area contributed by atoms with Gasteiger partial charge in [-0.25, -0.2) is 4.79 Å². The number of methoxy groups -OCH3 is 2. The predicted molar refractivity (Wildman–Crippen MR) is 87.3 cm³/mol. The van der Waals surface area contributed by atoms with E-state index in [1.165, 1.54) is 20.3 Å². The summed E-state index contributed by atoms with van der Waals surface area (Å²) in [5.74, 6) is 0.441. The van der Waals surface area contributed by atoms with Crippen LogP contribution in [0.4, 0.5) is 0 Å². The summed E-state index contributed by atoms with van der Waals surface area (Å²) < 4.78 is 15.6. The maximum Gasteiger partial charge on any atom is 0.348 e. The number of thiophene rings is 1. The second-order valence-electron chi connectivity index (χ2n) is 4.44. The first-order chi connectivity index (χ1) is 11.2. The van der Waals surface area contributed by atoms with Crippen molar-refractivity contribution in [1.82, 2.24) is 0 Å². The first kappa shape index (κ1) is 16.6. The highest BCUT2D eigenvalue weighted by Crippen LogP contribution is 2.30. The molecule has 0 atom stereocenters. The summed E-state index contributed by atoms with van der Waals surface area (Å²) in [7, 11) is 2.77. The van der Waals surface area contributed by atoms with Crippen LogP contribution in [-0.2, 0) is 16.1 Å². The zero-order chi connectivity index (χ0) is 16.7. The SMILES string of the molecule is COC(=O)/C(C#N)=C/c1ccc(OCc2cccs2)c(OC)c1. The fourth-order valence-electron chi connectivity index (χ4n) is 1.85. The summed E-state index contributed by atoms with van der Waals surface area (Å²) in [6.07, 6.45) is 1.44. The number of benzene rings is 1. The Morgan fingerprint density at radius 3 is 2.74 bits per heavy atom. The quantitative estimate of drug-likeness (QED) is 0.461. The molecule has 118 valence electrons. The fraction of sp³-hybridized carbons (Fsp3) is 0.176. The highest BCUT2D eigenvalue weighted by molar-refractivity contribution is 7.09. The lowest BCUT2D eigenvalue weighted by Gasteiger charge is -2.10. The first-order valence-corrected chi connectivity index (χ1v) is 7.59. The topological polar surface area (TPSA) is 68.6 Å². The Kier molecular flexibility index (Phi) is 5.78. The minimum atomic E-state index is -0.676. The molecule has 0 aliphatic rings. The van der Waals surface area contributed by atoms with E-state index in [1.54, 1.807) is 29.5 Å². The van der Waals surface area contributed by atoms with Gasteiger partial charge < -0.3 is 14.2 Å². The van der Waals surface area contributed by atoms with Gasteiger partial charge in [0.15, 0.2) is 11.5 Å². The van der Waals surface area contributed by atoms with E-state index < -0.39 is 5.97 Å². The van der Waals surface area contributed by atoms with Gasteiger partial charge in [0.2, 0.25) is 0 Å². The van der Waals surface area contributed by atoms with E-state index in [-0.39, 0.29) is 5.57 Å². The zero-order valence-electron chi connectivity index (χ0n) is 12.7. The fourth-order valence-corrected chi connectivity index (χ4v) is 2.47. The molecule has 0 amide bonds. The highest BCUT2D eigenvalue weighted by atomic mass is 32.1. The van der Waals surface area contributed by atoms with Crippen molar-refractivity contribution in [3.63, 3.8) is 0 Å². The molecule has 0 unspecified atom stereocenters. The molecule has 0 saturated heterocycles. The maximum atomic E-state index is 11.4. The molecule has 2 rings (SSSR count). The highest BCUT2D eigenvalue weighted by Gasteiger charge is 2.10. The lowest BCUT2D eigenvalue weighted by molar-refractivity contribution is -0.135. The molecule has 0 N–H and O–H groups in total. The van der Waals surface area contributed by atoms with E-state index in [0.29, 0.717) is 23.7 Å². The van der Waals surface area contributed by atoms with Crippen molar-refractivity contribution >= 4 is 23.4 Å². The van der Waals surface area contributed by atoms with Crippen molar-refractivity contribution in [3.8, 4) is 17.6 Å². The molecule has 0 saturated carbocycles. The summed E-state index contributed by atoms with van der Waals surface area (Å²) in [5.41, 5.74) is 0.564. The van der Waals surface area contributed by atoms with Crippen molar-refractivity contribution in [2.75, 3.05) is 14.2 Å². The number of nitrogens with zero attached hydrogens (tertiary/aromatic N) is 1. The molecule has 2 aromatic rings. The summed E-state index contributed by atoms with van der Waals surface area (Å²) in [5, 5.41) is 11.0. The molecule has 0 aliphatic carbocycles. The van der Waals surface area contributed by atoms with Crippen LogP contribution in [0.5, 0.6) is 11.5 Å². The normalized spacial score (nSPS) is 10.7. The van der Waals surface area contributed by atoms with Crippen molar-refractivity contribution in [2.24, 2.45) is 0 Å². The lowest BCUT2D eigenvalue weighted by Crippen LogP contribution is -2.02. The van der Waals surface area contributed by atoms with E-state index in [9.17, 15) is 4.79 Å². The monoisotopic (exact) mass is 329 g/mol. The van der Waals surface area contributed by atoms with E-state index in [1.807, 2.05) is 23.6 Å². The van der Waals surface area contributed by atoms with Gasteiger partial charge in [0, 0.05) is 4.88 Å². The van der Waals surface area contributed by atoms with Gasteiger partial charge in [0.25, 0.3) is 0 Å². The molecular weight excluding hydrogens is 314 g/mol. The van der Waals surface area contributed by atoms with E-state index >= 15 is 0 Å². The third kappa shape index (κ3) is 4.34. The third-order valence-electron chi connectivity index (χ3n) is 2.97. The van der Waals surface area contributed by atoms with Gasteiger partial charge in [-0.3, -0.25) is 0 Å². The molecule has 23 heavy (non-hydrogen) atoms. The standard InChI is InChI=1S/C17H15NO4S/c1-20-16-9-12(8-13(10-18)17(19)21-2)5-6-15(16)22-11-14-4-3-7-23-14/h3-9H,11H2,1-2H3/b13-8+. The Bertz CT molecular complexity index is 744. The van der Waals surface area contributed by atoms with Gasteiger partial charge in [-0.1, -0.05) is 12.1 Å². The molecule has 0 radical (unpaired) electrons. The molecule has 1 aromatic heterocycles. The van der Waals surface area contributed by atoms with Gasteiger partial charge in [-0.05, 0) is 35.2 Å². The van der Waals surface area contributed by atoms with Crippen molar-refractivity contribution < 1.29 is 19.0 Å². The van der Waals surface area contributed by atoms with Crippen LogP contribution in [0.3, 0.4) is 0 Å². The Morgan fingerprint density at radius 1 is 1.30 bits per heavy atom. The summed E-state index contributed by atoms with van der Waals surface area (Å²) >= 11 is 1.61. The predicted octanol–water partition coefficient (Wildman–Crippen LogP) is 3.42. The number of esters is 1. The van der Waals surface area contributed by atoms with E-state index in [2.05, 4.69) is 4.74 Å². The average Bonchev–Trinajstić information content (AvgIpc) is 3.11. The molecule has 6 heteroatoms. The number of carbonyl (C=O) groups excluding carboxylic acids is 1. The second kappa shape index (κ2) is 8.01. The molecule has 0 spiro atoms. The van der Waals surface area contributed by atoms with E-state index in [0.717, 1.165) is 4.88 Å². The van der Waals surface area contributed by atoms with Crippen LogP contribution in [0.1, 0.15) is 10.4 Å². The molecule has 5 nitrogen and oxygen atoms in total. The molecule has 0 aliphatic heterocycles. The van der Waals surface area contributed by atoms with Crippen LogP contribution in [0.25, 0.3) is 6.08 Å². The lowest BCUT2D eigenvalue weighted by atomic mass is 10.1. The van der Waals surface area contributed by atoms with Gasteiger partial charge in [-0.2, -0.15) is 5.26 Å². The van der Waals surface area contributed by atoms with Crippen LogP contribution in [0.2, 0.25) is 0 Å². The van der Waals surface area contributed by atoms with Crippen LogP contribution in [-0.4, -0.2) is 20.2 Å². The van der Waals surface area contributed by atoms with E-state index in [4.69, 9.17) is 14.7 Å². The average molecular weight is 329 g/mol. The molecule has 0 bridgehead atoms. The molecule has 1 heterocycles. The summed E-state index contributed by atoms with van der Waals surface area (Å²) in [4.78, 5) is 12.5. The third-order valence-corrected chi connectivity index (χ3v) is 3.82. The Labute approximate surface area is 138 Å². The number of hydrogen-bond acceptors (Lipinski definition) is 6.